The molecule has 1 heterocycles. The zero-order valence-corrected chi connectivity index (χ0v) is 12.9. The molecule has 0 saturated carbocycles. The van der Waals surface area contributed by atoms with E-state index in [0.29, 0.717) is 13.0 Å². The maximum absolute atomic E-state index is 13.4. The summed E-state index contributed by atoms with van der Waals surface area (Å²) in [7, 11) is 0. The molecule has 0 spiro atoms. The average Bonchev–Trinajstić information content (AvgIpc) is 2.53. The number of halogens is 2. The van der Waals surface area contributed by atoms with Gasteiger partial charge in [0.25, 0.3) is 0 Å². The molecule has 2 aromatic rings. The largest absolute Gasteiger partial charge is 0.338 e. The number of carbonyl (C=O) groups excluding carboxylic acids is 1. The van der Waals surface area contributed by atoms with Gasteiger partial charge in [-0.05, 0) is 55.2 Å². The topological polar surface area (TPSA) is 54.0 Å². The number of hydrogen-bond acceptors (Lipinski definition) is 2. The molecular weight excluding hydrogens is 300 g/mol. The molecule has 0 radical (unpaired) electrons. The predicted molar refractivity (Wildman–Crippen MR) is 84.1 cm³/mol. The van der Waals surface area contributed by atoms with Gasteiger partial charge in [-0.2, -0.15) is 0 Å². The number of nitrogens with zero attached hydrogens (tertiary/aromatic N) is 1. The fourth-order valence-electron chi connectivity index (χ4n) is 2.07. The van der Waals surface area contributed by atoms with Crippen molar-refractivity contribution in [3.05, 3.63) is 65.0 Å². The summed E-state index contributed by atoms with van der Waals surface area (Å²) < 4.78 is 26.4. The van der Waals surface area contributed by atoms with E-state index < -0.39 is 11.6 Å². The van der Waals surface area contributed by atoms with Gasteiger partial charge in [-0.1, -0.05) is 6.07 Å². The second-order valence-electron chi connectivity index (χ2n) is 5.23. The van der Waals surface area contributed by atoms with Crippen LogP contribution >= 0.6 is 0 Å². The van der Waals surface area contributed by atoms with Gasteiger partial charge in [-0.25, -0.2) is 13.6 Å². The number of pyridine rings is 1. The first kappa shape index (κ1) is 16.9. The predicted octanol–water partition coefficient (Wildman–Crippen LogP) is 2.75. The van der Waals surface area contributed by atoms with Gasteiger partial charge in [0, 0.05) is 25.0 Å². The minimum absolute atomic E-state index is 0.234. The molecule has 2 amide bonds. The lowest BCUT2D eigenvalue weighted by Gasteiger charge is -2.08. The van der Waals surface area contributed by atoms with Crippen molar-refractivity contribution in [3.8, 4) is 0 Å². The lowest BCUT2D eigenvalue weighted by Crippen LogP contribution is -2.37. The van der Waals surface area contributed by atoms with Gasteiger partial charge >= 0.3 is 6.03 Å². The highest BCUT2D eigenvalue weighted by Crippen LogP contribution is 2.09. The van der Waals surface area contributed by atoms with Gasteiger partial charge in [0.2, 0.25) is 0 Å². The molecule has 4 nitrogen and oxygen atoms in total. The second-order valence-corrected chi connectivity index (χ2v) is 5.23. The van der Waals surface area contributed by atoms with Crippen LogP contribution in [0.1, 0.15) is 16.8 Å². The molecule has 0 bridgehead atoms. The minimum Gasteiger partial charge on any atom is -0.338 e. The van der Waals surface area contributed by atoms with Gasteiger partial charge in [0.1, 0.15) is 11.6 Å². The number of rotatable bonds is 6. The van der Waals surface area contributed by atoms with Crippen LogP contribution < -0.4 is 10.6 Å². The Bertz CT molecular complexity index is 659. The number of carbonyl (C=O) groups is 1. The van der Waals surface area contributed by atoms with Crippen LogP contribution in [0.4, 0.5) is 13.6 Å². The van der Waals surface area contributed by atoms with Gasteiger partial charge in [-0.3, -0.25) is 4.98 Å². The van der Waals surface area contributed by atoms with E-state index in [1.165, 1.54) is 0 Å². The van der Waals surface area contributed by atoms with Crippen molar-refractivity contribution in [3.63, 3.8) is 0 Å². The maximum Gasteiger partial charge on any atom is 0.314 e. The van der Waals surface area contributed by atoms with Crippen LogP contribution in [0, 0.1) is 18.6 Å². The number of amides is 2. The molecule has 0 atom stereocenters. The molecule has 1 aromatic heterocycles. The highest BCUT2D eigenvalue weighted by atomic mass is 19.1. The summed E-state index contributed by atoms with van der Waals surface area (Å²) in [6, 6.07) is 6.85. The number of urea groups is 1. The Kier molecular flexibility index (Phi) is 6.02. The summed E-state index contributed by atoms with van der Waals surface area (Å²) in [5, 5.41) is 5.33. The molecule has 2 rings (SSSR count). The van der Waals surface area contributed by atoms with Crippen LogP contribution in [0.3, 0.4) is 0 Å². The molecule has 0 unspecified atom stereocenters. The normalized spacial score (nSPS) is 10.4. The molecule has 0 aliphatic heterocycles. The number of hydrogen-bond donors (Lipinski definition) is 2. The molecule has 1 aromatic carbocycles. The lowest BCUT2D eigenvalue weighted by atomic mass is 10.1. The monoisotopic (exact) mass is 319 g/mol. The smallest absolute Gasteiger partial charge is 0.314 e. The molecule has 6 heteroatoms. The molecule has 0 fully saturated rings. The quantitative estimate of drug-likeness (QED) is 0.860. The number of benzene rings is 1. The Morgan fingerprint density at radius 3 is 2.52 bits per heavy atom. The van der Waals surface area contributed by atoms with Gasteiger partial charge < -0.3 is 10.6 Å². The van der Waals surface area contributed by atoms with Crippen LogP contribution in [-0.4, -0.2) is 24.1 Å². The number of aryl methyl sites for hydroxylation is 1. The summed E-state index contributed by atoms with van der Waals surface area (Å²) in [6.07, 6.45) is 2.69. The van der Waals surface area contributed by atoms with E-state index in [0.717, 1.165) is 29.5 Å². The van der Waals surface area contributed by atoms with Crippen molar-refractivity contribution in [2.24, 2.45) is 0 Å². The first-order chi connectivity index (χ1) is 11.0. The first-order valence-electron chi connectivity index (χ1n) is 7.42. The summed E-state index contributed by atoms with van der Waals surface area (Å²) in [5.74, 6) is -0.960. The van der Waals surface area contributed by atoms with Crippen LogP contribution in [0.2, 0.25) is 0 Å². The third-order valence-corrected chi connectivity index (χ3v) is 3.36. The van der Waals surface area contributed by atoms with E-state index in [4.69, 9.17) is 0 Å². The Balaban J connectivity index is 1.67. The van der Waals surface area contributed by atoms with Crippen molar-refractivity contribution in [2.45, 2.75) is 19.8 Å². The standard InChI is InChI=1S/C17H19F2N3O/c1-12-2-3-13(11-22-12)6-8-20-17(23)21-9-7-14-10-15(18)4-5-16(14)19/h2-5,10-11H,6-9H2,1H3,(H2,20,21,23). The summed E-state index contributed by atoms with van der Waals surface area (Å²) in [4.78, 5) is 15.8. The Morgan fingerprint density at radius 1 is 1.09 bits per heavy atom. The van der Waals surface area contributed by atoms with E-state index in [9.17, 15) is 13.6 Å². The number of aromatic nitrogens is 1. The van der Waals surface area contributed by atoms with Crippen molar-refractivity contribution in [1.82, 2.24) is 15.6 Å². The highest BCUT2D eigenvalue weighted by Gasteiger charge is 2.05. The fourth-order valence-corrected chi connectivity index (χ4v) is 2.07. The van der Waals surface area contributed by atoms with Crippen molar-refractivity contribution >= 4 is 6.03 Å². The van der Waals surface area contributed by atoms with Crippen molar-refractivity contribution in [1.29, 1.82) is 0 Å². The molecule has 0 saturated heterocycles. The summed E-state index contributed by atoms with van der Waals surface area (Å²) in [5.41, 5.74) is 2.23. The van der Waals surface area contributed by atoms with Crippen molar-refractivity contribution in [2.75, 3.05) is 13.1 Å². The van der Waals surface area contributed by atoms with Crippen LogP contribution in [-0.2, 0) is 12.8 Å². The van der Waals surface area contributed by atoms with E-state index in [1.807, 2.05) is 19.1 Å². The highest BCUT2D eigenvalue weighted by molar-refractivity contribution is 5.73. The maximum atomic E-state index is 13.4. The molecule has 23 heavy (non-hydrogen) atoms. The SMILES string of the molecule is Cc1ccc(CCNC(=O)NCCc2cc(F)ccc2F)cn1. The van der Waals surface area contributed by atoms with Crippen LogP contribution in [0.25, 0.3) is 0 Å². The molecular formula is C17H19F2N3O. The third-order valence-electron chi connectivity index (χ3n) is 3.36. The lowest BCUT2D eigenvalue weighted by molar-refractivity contribution is 0.241. The molecule has 0 aliphatic carbocycles. The molecule has 122 valence electrons. The Morgan fingerprint density at radius 2 is 1.83 bits per heavy atom. The Labute approximate surface area is 133 Å². The molecule has 0 aliphatic rings. The minimum atomic E-state index is -0.488. The van der Waals surface area contributed by atoms with E-state index in [1.54, 1.807) is 6.20 Å². The van der Waals surface area contributed by atoms with Crippen LogP contribution in [0.15, 0.2) is 36.5 Å². The van der Waals surface area contributed by atoms with Crippen molar-refractivity contribution < 1.29 is 13.6 Å². The fraction of sp³-hybridized carbons (Fsp3) is 0.294. The van der Waals surface area contributed by atoms with E-state index in [-0.39, 0.29) is 24.6 Å². The summed E-state index contributed by atoms with van der Waals surface area (Å²) in [6.45, 7) is 2.63. The zero-order valence-electron chi connectivity index (χ0n) is 12.9. The third kappa shape index (κ3) is 5.65. The zero-order chi connectivity index (χ0) is 16.7. The van der Waals surface area contributed by atoms with E-state index in [2.05, 4.69) is 15.6 Å². The number of nitrogens with one attached hydrogen (secondary N) is 2. The van der Waals surface area contributed by atoms with Gasteiger partial charge in [0.05, 0.1) is 0 Å². The van der Waals surface area contributed by atoms with Gasteiger partial charge in [-0.15, -0.1) is 0 Å². The van der Waals surface area contributed by atoms with Gasteiger partial charge in [0.15, 0.2) is 0 Å². The molecule has 2 N–H and O–H groups in total. The average molecular weight is 319 g/mol. The van der Waals surface area contributed by atoms with Crippen LogP contribution in [0.5, 0.6) is 0 Å². The first-order valence-corrected chi connectivity index (χ1v) is 7.42. The Hall–Kier alpha value is -2.50. The second kappa shape index (κ2) is 8.22. The summed E-state index contributed by atoms with van der Waals surface area (Å²) >= 11 is 0. The van der Waals surface area contributed by atoms with E-state index >= 15 is 0 Å².